The average molecular weight is 283 g/mol. The van der Waals surface area contributed by atoms with Crippen LogP contribution in [0.5, 0.6) is 11.5 Å². The molecule has 0 heterocycles. The molecule has 0 radical (unpaired) electrons. The molecule has 2 aromatic carbocycles. The topological polar surface area (TPSA) is 30.8 Å². The summed E-state index contributed by atoms with van der Waals surface area (Å²) in [6.45, 7) is 6.70. The van der Waals surface area contributed by atoms with E-state index in [2.05, 4.69) is 37.0 Å². The van der Waals surface area contributed by atoms with E-state index in [9.17, 15) is 0 Å². The molecule has 0 saturated carbocycles. The van der Waals surface area contributed by atoms with Gasteiger partial charge in [-0.3, -0.25) is 4.99 Å². The minimum Gasteiger partial charge on any atom is -0.493 e. The smallest absolute Gasteiger partial charge is 0.161 e. The Hall–Kier alpha value is -2.29. The Bertz CT molecular complexity index is 648. The summed E-state index contributed by atoms with van der Waals surface area (Å²) in [7, 11) is 1.64. The quantitative estimate of drug-likeness (QED) is 0.758. The number of aliphatic imine (C=N–C) groups is 1. The fourth-order valence-corrected chi connectivity index (χ4v) is 2.04. The summed E-state index contributed by atoms with van der Waals surface area (Å²) in [5, 5.41) is 0. The van der Waals surface area contributed by atoms with Crippen molar-refractivity contribution < 1.29 is 9.47 Å². The lowest BCUT2D eigenvalue weighted by molar-refractivity contribution is 0.311. The van der Waals surface area contributed by atoms with E-state index in [0.717, 1.165) is 28.3 Å². The van der Waals surface area contributed by atoms with Crippen molar-refractivity contribution in [1.82, 2.24) is 0 Å². The summed E-state index contributed by atoms with van der Waals surface area (Å²) in [4.78, 5) is 4.57. The molecule has 3 heteroatoms. The Morgan fingerprint density at radius 1 is 1.05 bits per heavy atom. The lowest BCUT2D eigenvalue weighted by Gasteiger charge is -2.09. The third-order valence-corrected chi connectivity index (χ3v) is 3.20. The second-order valence-corrected chi connectivity index (χ2v) is 4.89. The van der Waals surface area contributed by atoms with E-state index in [1.54, 1.807) is 7.11 Å². The monoisotopic (exact) mass is 283 g/mol. The zero-order chi connectivity index (χ0) is 15.2. The molecule has 2 aromatic rings. The van der Waals surface area contributed by atoms with Crippen molar-refractivity contribution in [1.29, 1.82) is 0 Å². The van der Waals surface area contributed by atoms with Gasteiger partial charge in [0.05, 0.1) is 19.4 Å². The molecular weight excluding hydrogens is 262 g/mol. The molecule has 0 aromatic heterocycles. The van der Waals surface area contributed by atoms with E-state index in [4.69, 9.17) is 9.47 Å². The second kappa shape index (κ2) is 6.93. The molecule has 110 valence electrons. The number of hydrogen-bond acceptors (Lipinski definition) is 3. The molecule has 0 aliphatic carbocycles. The number of benzene rings is 2. The predicted octanol–water partition coefficient (Wildman–Crippen LogP) is 4.46. The zero-order valence-electron chi connectivity index (χ0n) is 13.0. The fraction of sp³-hybridized carbons (Fsp3) is 0.278. The van der Waals surface area contributed by atoms with Crippen molar-refractivity contribution in [3.05, 3.63) is 53.1 Å². The van der Waals surface area contributed by atoms with Crippen molar-refractivity contribution in [2.24, 2.45) is 4.99 Å². The van der Waals surface area contributed by atoms with Gasteiger partial charge in [0, 0.05) is 6.21 Å². The summed E-state index contributed by atoms with van der Waals surface area (Å²) >= 11 is 0. The molecule has 0 aliphatic heterocycles. The SMILES string of the molecule is CCOc1ccc(C=Nc2cc(C)ccc2C)cc1OC. The van der Waals surface area contributed by atoms with Crippen LogP contribution in [0, 0.1) is 13.8 Å². The van der Waals surface area contributed by atoms with Crippen molar-refractivity contribution in [2.45, 2.75) is 20.8 Å². The average Bonchev–Trinajstić information content (AvgIpc) is 2.49. The maximum absolute atomic E-state index is 5.51. The molecule has 0 spiro atoms. The fourth-order valence-electron chi connectivity index (χ4n) is 2.04. The van der Waals surface area contributed by atoms with Gasteiger partial charge in [-0.1, -0.05) is 12.1 Å². The molecule has 3 nitrogen and oxygen atoms in total. The van der Waals surface area contributed by atoms with Crippen molar-refractivity contribution in [2.75, 3.05) is 13.7 Å². The maximum Gasteiger partial charge on any atom is 0.161 e. The highest BCUT2D eigenvalue weighted by Gasteiger charge is 2.04. The summed E-state index contributed by atoms with van der Waals surface area (Å²) in [5.74, 6) is 1.48. The van der Waals surface area contributed by atoms with Gasteiger partial charge in [-0.05, 0) is 61.7 Å². The molecule has 0 amide bonds. The molecule has 0 N–H and O–H groups in total. The van der Waals surface area contributed by atoms with Gasteiger partial charge >= 0.3 is 0 Å². The summed E-state index contributed by atoms with van der Waals surface area (Å²) in [5.41, 5.74) is 4.34. The van der Waals surface area contributed by atoms with Crippen LogP contribution in [0.1, 0.15) is 23.6 Å². The molecule has 0 atom stereocenters. The van der Waals surface area contributed by atoms with Gasteiger partial charge in [-0.2, -0.15) is 0 Å². The molecular formula is C18H21NO2. The largest absolute Gasteiger partial charge is 0.493 e. The third kappa shape index (κ3) is 3.85. The summed E-state index contributed by atoms with van der Waals surface area (Å²) in [6.07, 6.45) is 1.85. The van der Waals surface area contributed by atoms with Crippen LogP contribution in [0.4, 0.5) is 5.69 Å². The summed E-state index contributed by atoms with van der Waals surface area (Å²) in [6, 6.07) is 12.1. The Balaban J connectivity index is 2.26. The van der Waals surface area contributed by atoms with Gasteiger partial charge in [0.15, 0.2) is 11.5 Å². The summed E-state index contributed by atoms with van der Waals surface area (Å²) < 4.78 is 10.9. The zero-order valence-corrected chi connectivity index (χ0v) is 13.0. The molecule has 0 aliphatic rings. The van der Waals surface area contributed by atoms with Gasteiger partial charge in [-0.15, -0.1) is 0 Å². The minimum atomic E-state index is 0.617. The first-order chi connectivity index (χ1) is 10.1. The van der Waals surface area contributed by atoms with Crippen molar-refractivity contribution >= 4 is 11.9 Å². The van der Waals surface area contributed by atoms with Crippen LogP contribution in [-0.2, 0) is 0 Å². The second-order valence-electron chi connectivity index (χ2n) is 4.89. The molecule has 0 fully saturated rings. The van der Waals surface area contributed by atoms with E-state index in [1.165, 1.54) is 5.56 Å². The van der Waals surface area contributed by atoms with Crippen molar-refractivity contribution in [3.63, 3.8) is 0 Å². The first kappa shape index (κ1) is 15.1. The first-order valence-electron chi connectivity index (χ1n) is 7.06. The number of nitrogens with zero attached hydrogens (tertiary/aromatic N) is 1. The van der Waals surface area contributed by atoms with Gasteiger partial charge in [0.25, 0.3) is 0 Å². The number of rotatable bonds is 5. The van der Waals surface area contributed by atoms with E-state index in [-0.39, 0.29) is 0 Å². The first-order valence-corrected chi connectivity index (χ1v) is 7.06. The lowest BCUT2D eigenvalue weighted by Crippen LogP contribution is -1.96. The lowest BCUT2D eigenvalue weighted by atomic mass is 10.1. The highest BCUT2D eigenvalue weighted by Crippen LogP contribution is 2.28. The number of aryl methyl sites for hydroxylation is 2. The van der Waals surface area contributed by atoms with Crippen LogP contribution >= 0.6 is 0 Å². The Morgan fingerprint density at radius 3 is 2.57 bits per heavy atom. The van der Waals surface area contributed by atoms with E-state index >= 15 is 0 Å². The van der Waals surface area contributed by atoms with Gasteiger partial charge in [0.1, 0.15) is 0 Å². The number of hydrogen-bond donors (Lipinski definition) is 0. The van der Waals surface area contributed by atoms with E-state index in [1.807, 2.05) is 31.3 Å². The number of ether oxygens (including phenoxy) is 2. The van der Waals surface area contributed by atoms with Gasteiger partial charge < -0.3 is 9.47 Å². The molecule has 21 heavy (non-hydrogen) atoms. The van der Waals surface area contributed by atoms with Gasteiger partial charge in [0.2, 0.25) is 0 Å². The molecule has 2 rings (SSSR count). The molecule has 0 unspecified atom stereocenters. The minimum absolute atomic E-state index is 0.617. The van der Waals surface area contributed by atoms with Gasteiger partial charge in [-0.25, -0.2) is 0 Å². The van der Waals surface area contributed by atoms with E-state index < -0.39 is 0 Å². The molecule has 0 bridgehead atoms. The van der Waals surface area contributed by atoms with Crippen molar-refractivity contribution in [3.8, 4) is 11.5 Å². The van der Waals surface area contributed by atoms with Crippen LogP contribution in [-0.4, -0.2) is 19.9 Å². The Kier molecular flexibility index (Phi) is 4.99. The Labute approximate surface area is 126 Å². The highest BCUT2D eigenvalue weighted by atomic mass is 16.5. The standard InChI is InChI=1S/C18H21NO2/c1-5-21-17-9-8-15(11-18(17)20-4)12-19-16-10-13(2)6-7-14(16)3/h6-12H,5H2,1-4H3. The van der Waals surface area contributed by atoms with Crippen LogP contribution < -0.4 is 9.47 Å². The van der Waals surface area contributed by atoms with Crippen LogP contribution in [0.25, 0.3) is 0 Å². The van der Waals surface area contributed by atoms with Crippen LogP contribution in [0.2, 0.25) is 0 Å². The predicted molar refractivity (Wildman–Crippen MR) is 87.3 cm³/mol. The van der Waals surface area contributed by atoms with Crippen LogP contribution in [0.3, 0.4) is 0 Å². The van der Waals surface area contributed by atoms with E-state index in [0.29, 0.717) is 6.61 Å². The highest BCUT2D eigenvalue weighted by molar-refractivity contribution is 5.83. The van der Waals surface area contributed by atoms with Crippen LogP contribution in [0.15, 0.2) is 41.4 Å². The Morgan fingerprint density at radius 2 is 1.86 bits per heavy atom. The number of methoxy groups -OCH3 is 1. The maximum atomic E-state index is 5.51. The molecule has 0 saturated heterocycles. The third-order valence-electron chi connectivity index (χ3n) is 3.20. The normalized spacial score (nSPS) is 10.9.